The van der Waals surface area contributed by atoms with Crippen LogP contribution in [0.25, 0.3) is 0 Å². The van der Waals surface area contributed by atoms with Crippen molar-refractivity contribution in [2.24, 2.45) is 0 Å². The quantitative estimate of drug-likeness (QED) is 0.814. The monoisotopic (exact) mass is 345 g/mol. The molecule has 0 unspecified atom stereocenters. The van der Waals surface area contributed by atoms with Crippen LogP contribution in [0.3, 0.4) is 0 Å². The van der Waals surface area contributed by atoms with Crippen molar-refractivity contribution in [3.63, 3.8) is 0 Å². The van der Waals surface area contributed by atoms with Gasteiger partial charge >= 0.3 is 6.03 Å². The Labute approximate surface area is 141 Å². The van der Waals surface area contributed by atoms with Crippen molar-refractivity contribution in [1.82, 2.24) is 15.6 Å². The number of aromatic nitrogens is 1. The molecule has 0 aliphatic carbocycles. The molecule has 0 spiro atoms. The van der Waals surface area contributed by atoms with Crippen LogP contribution in [-0.2, 0) is 9.59 Å². The summed E-state index contributed by atoms with van der Waals surface area (Å²) < 4.78 is 23.7. The lowest BCUT2D eigenvalue weighted by Crippen LogP contribution is -2.67. The van der Waals surface area contributed by atoms with Gasteiger partial charge in [-0.3, -0.25) is 20.2 Å². The average Bonchev–Trinajstić information content (AvgIpc) is 2.57. The van der Waals surface area contributed by atoms with Crippen molar-refractivity contribution < 1.29 is 28.2 Å². The average molecular weight is 345 g/mol. The van der Waals surface area contributed by atoms with Crippen LogP contribution < -0.4 is 20.1 Å². The van der Waals surface area contributed by atoms with Gasteiger partial charge in [-0.1, -0.05) is 0 Å². The molecule has 1 aromatic carbocycles. The Morgan fingerprint density at radius 2 is 1.56 bits per heavy atom. The van der Waals surface area contributed by atoms with E-state index in [9.17, 15) is 18.8 Å². The fourth-order valence-corrected chi connectivity index (χ4v) is 2.02. The number of halogens is 1. The first-order valence-corrected chi connectivity index (χ1v) is 7.12. The highest BCUT2D eigenvalue weighted by molar-refractivity contribution is 6.21. The largest absolute Gasteiger partial charge is 0.466 e. The van der Waals surface area contributed by atoms with Crippen molar-refractivity contribution in [1.29, 1.82) is 0 Å². The standard InChI is InChI=1S/C16H12FN3O5/c1-16(13(21)19-15(23)20-14(16)22)25-11-6-7-12(18-8-11)24-10-4-2-9(17)3-5-10/h2-8H,1H3,(H2,19,20,21,22,23). The number of hydrogen-bond donors (Lipinski definition) is 2. The molecule has 128 valence electrons. The van der Waals surface area contributed by atoms with Gasteiger partial charge < -0.3 is 9.47 Å². The maximum Gasteiger partial charge on any atom is 0.328 e. The van der Waals surface area contributed by atoms with Gasteiger partial charge in [-0.2, -0.15) is 0 Å². The van der Waals surface area contributed by atoms with Gasteiger partial charge in [-0.15, -0.1) is 0 Å². The van der Waals surface area contributed by atoms with Gasteiger partial charge in [0, 0.05) is 6.07 Å². The molecule has 0 radical (unpaired) electrons. The summed E-state index contributed by atoms with van der Waals surface area (Å²) in [6.07, 6.45) is 1.25. The highest BCUT2D eigenvalue weighted by Gasteiger charge is 2.49. The van der Waals surface area contributed by atoms with Crippen molar-refractivity contribution in [3.8, 4) is 17.4 Å². The van der Waals surface area contributed by atoms with E-state index in [0.29, 0.717) is 5.75 Å². The van der Waals surface area contributed by atoms with E-state index >= 15 is 0 Å². The second kappa shape index (κ2) is 6.19. The third kappa shape index (κ3) is 3.39. The normalized spacial score (nSPS) is 16.0. The Bertz CT molecular complexity index is 816. The topological polar surface area (TPSA) is 107 Å². The molecule has 2 aromatic rings. The van der Waals surface area contributed by atoms with Crippen LogP contribution in [0, 0.1) is 5.82 Å². The lowest BCUT2D eigenvalue weighted by Gasteiger charge is -2.30. The number of hydrogen-bond acceptors (Lipinski definition) is 6. The number of barbiturate groups is 1. The van der Waals surface area contributed by atoms with Crippen molar-refractivity contribution in [2.45, 2.75) is 12.5 Å². The number of nitrogens with zero attached hydrogens (tertiary/aromatic N) is 1. The molecule has 1 aliphatic heterocycles. The summed E-state index contributed by atoms with van der Waals surface area (Å²) in [6, 6.07) is 7.36. The molecular weight excluding hydrogens is 333 g/mol. The molecule has 8 nitrogen and oxygen atoms in total. The van der Waals surface area contributed by atoms with Gasteiger partial charge in [0.25, 0.3) is 17.4 Å². The van der Waals surface area contributed by atoms with Gasteiger partial charge in [-0.25, -0.2) is 14.2 Å². The SMILES string of the molecule is CC1(Oc2ccc(Oc3ccc(F)cc3)nc2)C(=O)NC(=O)NC1=O. The third-order valence-electron chi connectivity index (χ3n) is 3.39. The highest BCUT2D eigenvalue weighted by Crippen LogP contribution is 2.24. The number of imide groups is 2. The highest BCUT2D eigenvalue weighted by atomic mass is 19.1. The van der Waals surface area contributed by atoms with Gasteiger partial charge in [0.05, 0.1) is 6.20 Å². The zero-order chi connectivity index (χ0) is 18.0. The summed E-state index contributed by atoms with van der Waals surface area (Å²) >= 11 is 0. The van der Waals surface area contributed by atoms with Crippen LogP contribution in [0.1, 0.15) is 6.92 Å². The Morgan fingerprint density at radius 3 is 2.12 bits per heavy atom. The first kappa shape index (κ1) is 16.4. The third-order valence-corrected chi connectivity index (χ3v) is 3.39. The zero-order valence-corrected chi connectivity index (χ0v) is 12.9. The van der Waals surface area contributed by atoms with E-state index in [4.69, 9.17) is 9.47 Å². The van der Waals surface area contributed by atoms with E-state index in [2.05, 4.69) is 4.98 Å². The van der Waals surface area contributed by atoms with E-state index in [0.717, 1.165) is 0 Å². The lowest BCUT2D eigenvalue weighted by molar-refractivity contribution is -0.149. The number of rotatable bonds is 4. The number of urea groups is 1. The maximum absolute atomic E-state index is 12.9. The van der Waals surface area contributed by atoms with Gasteiger partial charge in [0.2, 0.25) is 5.88 Å². The van der Waals surface area contributed by atoms with Gasteiger partial charge in [0.15, 0.2) is 0 Å². The molecule has 0 saturated carbocycles. The van der Waals surface area contributed by atoms with Crippen LogP contribution in [0.2, 0.25) is 0 Å². The number of ether oxygens (including phenoxy) is 2. The minimum absolute atomic E-state index is 0.119. The summed E-state index contributed by atoms with van der Waals surface area (Å²) in [5, 5.41) is 3.92. The predicted octanol–water partition coefficient (Wildman–Crippen LogP) is 1.52. The number of amides is 4. The lowest BCUT2D eigenvalue weighted by atomic mass is 10.0. The van der Waals surface area contributed by atoms with Crippen LogP contribution in [0.5, 0.6) is 17.4 Å². The molecule has 1 aliphatic rings. The van der Waals surface area contributed by atoms with E-state index < -0.39 is 23.4 Å². The van der Waals surface area contributed by atoms with Crippen molar-refractivity contribution in [2.75, 3.05) is 0 Å². The Morgan fingerprint density at radius 1 is 0.960 bits per heavy atom. The summed E-state index contributed by atoms with van der Waals surface area (Å²) in [5.41, 5.74) is -1.91. The molecule has 3 rings (SSSR count). The predicted molar refractivity (Wildman–Crippen MR) is 81.4 cm³/mol. The smallest absolute Gasteiger partial charge is 0.328 e. The molecule has 0 bridgehead atoms. The van der Waals surface area contributed by atoms with E-state index in [1.165, 1.54) is 49.5 Å². The number of carbonyl (C=O) groups is 3. The molecule has 25 heavy (non-hydrogen) atoms. The summed E-state index contributed by atoms with van der Waals surface area (Å²) in [4.78, 5) is 38.8. The summed E-state index contributed by atoms with van der Waals surface area (Å²) in [6.45, 7) is 1.23. The van der Waals surface area contributed by atoms with Crippen molar-refractivity contribution >= 4 is 17.8 Å². The summed E-state index contributed by atoms with van der Waals surface area (Å²) in [5.74, 6) is -1.44. The van der Waals surface area contributed by atoms with Crippen LogP contribution >= 0.6 is 0 Å². The van der Waals surface area contributed by atoms with Crippen LogP contribution in [0.15, 0.2) is 42.6 Å². The van der Waals surface area contributed by atoms with Crippen molar-refractivity contribution in [3.05, 3.63) is 48.4 Å². The van der Waals surface area contributed by atoms with E-state index in [1.54, 1.807) is 0 Å². The second-order valence-electron chi connectivity index (χ2n) is 5.26. The van der Waals surface area contributed by atoms with E-state index in [-0.39, 0.29) is 17.4 Å². The van der Waals surface area contributed by atoms with Crippen LogP contribution in [0.4, 0.5) is 9.18 Å². The molecule has 1 aromatic heterocycles. The second-order valence-corrected chi connectivity index (χ2v) is 5.26. The number of pyridine rings is 1. The molecule has 4 amide bonds. The number of carbonyl (C=O) groups excluding carboxylic acids is 3. The first-order valence-electron chi connectivity index (χ1n) is 7.12. The Kier molecular flexibility index (Phi) is 4.05. The number of benzene rings is 1. The minimum atomic E-state index is -1.91. The molecular formula is C16H12FN3O5. The molecule has 2 heterocycles. The fourth-order valence-electron chi connectivity index (χ4n) is 2.02. The molecule has 0 atom stereocenters. The Balaban J connectivity index is 1.72. The van der Waals surface area contributed by atoms with Gasteiger partial charge in [0.1, 0.15) is 17.3 Å². The molecule has 9 heteroatoms. The van der Waals surface area contributed by atoms with Crippen LogP contribution in [-0.4, -0.2) is 28.4 Å². The molecule has 1 saturated heterocycles. The van der Waals surface area contributed by atoms with E-state index in [1.807, 2.05) is 10.6 Å². The fraction of sp³-hybridized carbons (Fsp3) is 0.125. The number of nitrogens with one attached hydrogen (secondary N) is 2. The Hall–Kier alpha value is -3.49. The van der Waals surface area contributed by atoms with Gasteiger partial charge in [-0.05, 0) is 37.3 Å². The summed E-state index contributed by atoms with van der Waals surface area (Å²) in [7, 11) is 0. The zero-order valence-electron chi connectivity index (χ0n) is 12.9. The minimum Gasteiger partial charge on any atom is -0.466 e. The molecule has 2 N–H and O–H groups in total. The maximum atomic E-state index is 12.9. The first-order chi connectivity index (χ1) is 11.9. The molecule has 1 fully saturated rings.